The zero-order chi connectivity index (χ0) is 17.2. The van der Waals surface area contributed by atoms with Gasteiger partial charge in [0.2, 0.25) is 5.75 Å². The van der Waals surface area contributed by atoms with E-state index in [1.54, 1.807) is 20.4 Å². The summed E-state index contributed by atoms with van der Waals surface area (Å²) in [6.45, 7) is 1.00. The summed E-state index contributed by atoms with van der Waals surface area (Å²) < 4.78 is 27.5. The maximum Gasteiger partial charge on any atom is 0.203 e. The third kappa shape index (κ3) is 2.76. The average molecular weight is 339 g/mol. The van der Waals surface area contributed by atoms with Crippen molar-refractivity contribution in [3.05, 3.63) is 42.6 Å². The molecule has 1 aromatic heterocycles. The normalized spacial score (nSPS) is 12.7. The van der Waals surface area contributed by atoms with Crippen LogP contribution in [0.3, 0.4) is 0 Å². The van der Waals surface area contributed by atoms with Crippen LogP contribution in [0, 0.1) is 0 Å². The number of aromatic nitrogens is 1. The molecule has 0 atom stereocenters. The molecule has 0 spiro atoms. The molecule has 128 valence electrons. The fourth-order valence-corrected chi connectivity index (χ4v) is 2.83. The first kappa shape index (κ1) is 15.4. The number of benzene rings is 2. The Morgan fingerprint density at radius 1 is 0.920 bits per heavy atom. The third-order valence-corrected chi connectivity index (χ3v) is 4.06. The van der Waals surface area contributed by atoms with Crippen molar-refractivity contribution >= 4 is 0 Å². The molecule has 1 aliphatic heterocycles. The van der Waals surface area contributed by atoms with Gasteiger partial charge in [0.1, 0.15) is 19.0 Å². The predicted octanol–water partition coefficient (Wildman–Crippen LogP) is 3.80. The van der Waals surface area contributed by atoms with Crippen LogP contribution in [0.1, 0.15) is 0 Å². The summed E-state index contributed by atoms with van der Waals surface area (Å²) in [7, 11) is 3.24. The lowest BCUT2D eigenvalue weighted by molar-refractivity contribution is 0.165. The second-order valence-electron chi connectivity index (χ2n) is 5.50. The molecule has 0 saturated heterocycles. The first-order valence-electron chi connectivity index (χ1n) is 7.87. The molecule has 2 heterocycles. The summed E-state index contributed by atoms with van der Waals surface area (Å²) in [5.41, 5.74) is 2.66. The summed E-state index contributed by atoms with van der Waals surface area (Å²) in [4.78, 5) is 0. The van der Waals surface area contributed by atoms with Gasteiger partial charge < -0.3 is 23.5 Å². The van der Waals surface area contributed by atoms with Gasteiger partial charge in [0.15, 0.2) is 17.3 Å². The maximum atomic E-state index is 5.70. The van der Waals surface area contributed by atoms with Gasteiger partial charge >= 0.3 is 0 Å². The van der Waals surface area contributed by atoms with Crippen LogP contribution < -0.4 is 18.9 Å². The summed E-state index contributed by atoms with van der Waals surface area (Å²) in [5.74, 6) is 3.29. The van der Waals surface area contributed by atoms with Gasteiger partial charge in [-0.05, 0) is 29.8 Å². The molecular formula is C19H17NO5. The van der Waals surface area contributed by atoms with Gasteiger partial charge in [-0.2, -0.15) is 0 Å². The lowest BCUT2D eigenvalue weighted by Crippen LogP contribution is -2.16. The molecule has 3 aromatic rings. The molecule has 0 amide bonds. The van der Waals surface area contributed by atoms with Gasteiger partial charge in [0, 0.05) is 11.1 Å². The molecule has 6 heteroatoms. The molecule has 0 fully saturated rings. The first-order valence-corrected chi connectivity index (χ1v) is 7.87. The Bertz CT molecular complexity index is 868. The van der Waals surface area contributed by atoms with Crippen LogP contribution in [0.2, 0.25) is 0 Å². The third-order valence-electron chi connectivity index (χ3n) is 4.06. The van der Waals surface area contributed by atoms with Gasteiger partial charge in [-0.1, -0.05) is 17.3 Å². The molecule has 0 saturated carbocycles. The van der Waals surface area contributed by atoms with Crippen LogP contribution in [0.15, 0.2) is 47.1 Å². The number of hydrogen-bond acceptors (Lipinski definition) is 6. The zero-order valence-corrected chi connectivity index (χ0v) is 13.9. The van der Waals surface area contributed by atoms with E-state index in [0.29, 0.717) is 36.2 Å². The van der Waals surface area contributed by atoms with E-state index in [2.05, 4.69) is 5.16 Å². The van der Waals surface area contributed by atoms with Crippen molar-refractivity contribution in [1.82, 2.24) is 5.16 Å². The Morgan fingerprint density at radius 2 is 1.72 bits per heavy atom. The van der Waals surface area contributed by atoms with Gasteiger partial charge in [0.05, 0.1) is 20.4 Å². The Balaban J connectivity index is 1.79. The number of hydrogen-bond donors (Lipinski definition) is 0. The highest BCUT2D eigenvalue weighted by Crippen LogP contribution is 2.44. The number of nitrogens with zero attached hydrogens (tertiary/aromatic N) is 1. The Hall–Kier alpha value is -3.15. The van der Waals surface area contributed by atoms with E-state index in [4.69, 9.17) is 23.5 Å². The number of ether oxygens (including phenoxy) is 4. The molecule has 0 unspecified atom stereocenters. The summed E-state index contributed by atoms with van der Waals surface area (Å²) in [6.07, 6.45) is 1.69. The van der Waals surface area contributed by atoms with Crippen LogP contribution in [0.5, 0.6) is 23.0 Å². The number of fused-ring (bicyclic) bond motifs is 1. The van der Waals surface area contributed by atoms with E-state index >= 15 is 0 Å². The monoisotopic (exact) mass is 339 g/mol. The van der Waals surface area contributed by atoms with E-state index in [9.17, 15) is 0 Å². The Morgan fingerprint density at radius 3 is 2.48 bits per heavy atom. The quantitative estimate of drug-likeness (QED) is 0.720. The Labute approximate surface area is 144 Å². The SMILES string of the molecule is COc1ccc(-c2cnoc2-c2cc(OC)c3c(c2)OCCO3)cc1. The number of rotatable bonds is 4. The molecule has 6 nitrogen and oxygen atoms in total. The Kier molecular flexibility index (Phi) is 3.93. The van der Waals surface area contributed by atoms with Crippen molar-refractivity contribution in [3.8, 4) is 45.4 Å². The van der Waals surface area contributed by atoms with Crippen molar-refractivity contribution in [1.29, 1.82) is 0 Å². The van der Waals surface area contributed by atoms with Crippen molar-refractivity contribution in [3.63, 3.8) is 0 Å². The molecule has 4 rings (SSSR count). The molecule has 1 aliphatic rings. The van der Waals surface area contributed by atoms with Crippen molar-refractivity contribution in [2.45, 2.75) is 0 Å². The lowest BCUT2D eigenvalue weighted by Gasteiger charge is -2.21. The lowest BCUT2D eigenvalue weighted by atomic mass is 10.0. The molecule has 0 radical (unpaired) electrons. The van der Waals surface area contributed by atoms with Crippen LogP contribution in [0.4, 0.5) is 0 Å². The minimum absolute atomic E-state index is 0.501. The summed E-state index contributed by atoms with van der Waals surface area (Å²) >= 11 is 0. The highest BCUT2D eigenvalue weighted by molar-refractivity contribution is 5.81. The van der Waals surface area contributed by atoms with Gasteiger partial charge in [-0.15, -0.1) is 0 Å². The van der Waals surface area contributed by atoms with Crippen LogP contribution in [-0.4, -0.2) is 32.6 Å². The fourth-order valence-electron chi connectivity index (χ4n) is 2.83. The zero-order valence-electron chi connectivity index (χ0n) is 13.9. The first-order chi connectivity index (χ1) is 12.3. The fraction of sp³-hybridized carbons (Fsp3) is 0.211. The molecule has 0 N–H and O–H groups in total. The summed E-state index contributed by atoms with van der Waals surface area (Å²) in [5, 5.41) is 3.97. The minimum atomic E-state index is 0.501. The molecular weight excluding hydrogens is 322 g/mol. The minimum Gasteiger partial charge on any atom is -0.497 e. The standard InChI is InChI=1S/C19H17NO5/c1-21-14-5-3-12(4-6-14)15-11-20-25-18(15)13-9-16(22-2)19-17(10-13)23-7-8-24-19/h3-6,9-11H,7-8H2,1-2H3. The molecule has 0 bridgehead atoms. The topological polar surface area (TPSA) is 63.0 Å². The molecule has 25 heavy (non-hydrogen) atoms. The highest BCUT2D eigenvalue weighted by atomic mass is 16.6. The highest BCUT2D eigenvalue weighted by Gasteiger charge is 2.22. The number of methoxy groups -OCH3 is 2. The van der Waals surface area contributed by atoms with E-state index in [0.717, 1.165) is 22.4 Å². The summed E-state index contributed by atoms with van der Waals surface area (Å²) in [6, 6.07) is 11.5. The molecule has 0 aliphatic carbocycles. The van der Waals surface area contributed by atoms with Gasteiger partial charge in [0.25, 0.3) is 0 Å². The van der Waals surface area contributed by atoms with Crippen LogP contribution in [-0.2, 0) is 0 Å². The van der Waals surface area contributed by atoms with Gasteiger partial charge in [-0.3, -0.25) is 0 Å². The second kappa shape index (κ2) is 6.39. The second-order valence-corrected chi connectivity index (χ2v) is 5.50. The predicted molar refractivity (Wildman–Crippen MR) is 91.5 cm³/mol. The molecule has 2 aromatic carbocycles. The van der Waals surface area contributed by atoms with Crippen molar-refractivity contribution in [2.24, 2.45) is 0 Å². The van der Waals surface area contributed by atoms with E-state index in [1.165, 1.54) is 0 Å². The van der Waals surface area contributed by atoms with E-state index in [1.807, 2.05) is 36.4 Å². The van der Waals surface area contributed by atoms with E-state index < -0.39 is 0 Å². The van der Waals surface area contributed by atoms with Crippen LogP contribution >= 0.6 is 0 Å². The largest absolute Gasteiger partial charge is 0.497 e. The maximum absolute atomic E-state index is 5.70. The average Bonchev–Trinajstić information content (AvgIpc) is 3.17. The van der Waals surface area contributed by atoms with Gasteiger partial charge in [-0.25, -0.2) is 0 Å². The smallest absolute Gasteiger partial charge is 0.203 e. The van der Waals surface area contributed by atoms with E-state index in [-0.39, 0.29) is 0 Å². The van der Waals surface area contributed by atoms with Crippen molar-refractivity contribution in [2.75, 3.05) is 27.4 Å². The van der Waals surface area contributed by atoms with Crippen molar-refractivity contribution < 1.29 is 23.5 Å². The van der Waals surface area contributed by atoms with Crippen LogP contribution in [0.25, 0.3) is 22.5 Å².